The maximum Gasteiger partial charge on any atom is 0.115 e. The van der Waals surface area contributed by atoms with Crippen LogP contribution in [0.4, 0.5) is 0 Å². The Labute approximate surface area is 49.9 Å². The lowest BCUT2D eigenvalue weighted by Gasteiger charge is -2.76. The molecule has 0 aromatic rings. The quantitative estimate of drug-likeness (QED) is 0.404. The molecule has 3 heterocycles. The van der Waals surface area contributed by atoms with Crippen molar-refractivity contribution >= 4 is 0 Å². The fourth-order valence-corrected chi connectivity index (χ4v) is 2.94. The summed E-state index contributed by atoms with van der Waals surface area (Å²) in [6.45, 7) is 4.58. The first kappa shape index (κ1) is 3.89. The standard InChI is InChI=1S/C7H12N/c1-4-8-5-2-7(1,8)3-6-8/h1-6H2/q+1. The average Bonchev–Trinajstić information content (AvgIpc) is 1.90. The zero-order valence-electron chi connectivity index (χ0n) is 5.19. The zero-order valence-corrected chi connectivity index (χ0v) is 5.19. The molecule has 3 rings (SSSR count). The fraction of sp³-hybridized carbons (Fsp3) is 1.00. The molecule has 3 aliphatic rings. The van der Waals surface area contributed by atoms with E-state index in [0.717, 1.165) is 5.54 Å². The van der Waals surface area contributed by atoms with Gasteiger partial charge >= 0.3 is 0 Å². The van der Waals surface area contributed by atoms with Crippen molar-refractivity contribution in [1.29, 1.82) is 0 Å². The predicted octanol–water partition coefficient (Wildman–Crippen LogP) is 0.753. The third-order valence-corrected chi connectivity index (χ3v) is 4.02. The van der Waals surface area contributed by atoms with Gasteiger partial charge in [-0.2, -0.15) is 0 Å². The van der Waals surface area contributed by atoms with E-state index in [9.17, 15) is 0 Å². The lowest BCUT2D eigenvalue weighted by atomic mass is 9.60. The Morgan fingerprint density at radius 1 is 0.875 bits per heavy atom. The van der Waals surface area contributed by atoms with Crippen LogP contribution in [0.15, 0.2) is 0 Å². The Hall–Kier alpha value is -0.0400. The summed E-state index contributed by atoms with van der Waals surface area (Å²) in [6.07, 6.45) is 4.69. The smallest absolute Gasteiger partial charge is 0.115 e. The van der Waals surface area contributed by atoms with E-state index in [-0.39, 0.29) is 0 Å². The zero-order chi connectivity index (χ0) is 5.24. The van der Waals surface area contributed by atoms with Gasteiger partial charge in [-0.15, -0.1) is 0 Å². The summed E-state index contributed by atoms with van der Waals surface area (Å²) in [5.74, 6) is 0. The van der Waals surface area contributed by atoms with E-state index < -0.39 is 0 Å². The summed E-state index contributed by atoms with van der Waals surface area (Å²) in [4.78, 5) is 0. The summed E-state index contributed by atoms with van der Waals surface area (Å²) in [5, 5.41) is 0. The average molecular weight is 110 g/mol. The highest BCUT2D eigenvalue weighted by Gasteiger charge is 2.73. The van der Waals surface area contributed by atoms with Gasteiger partial charge in [0, 0.05) is 0 Å². The summed E-state index contributed by atoms with van der Waals surface area (Å²) in [5.41, 5.74) is 0.917. The van der Waals surface area contributed by atoms with E-state index in [2.05, 4.69) is 0 Å². The second kappa shape index (κ2) is 0.766. The van der Waals surface area contributed by atoms with Gasteiger partial charge in [-0.1, -0.05) is 0 Å². The van der Waals surface area contributed by atoms with Crippen LogP contribution in [-0.4, -0.2) is 29.7 Å². The van der Waals surface area contributed by atoms with Gasteiger partial charge in [-0.3, -0.25) is 0 Å². The molecule has 0 aromatic heterocycles. The summed E-state index contributed by atoms with van der Waals surface area (Å²) in [7, 11) is 0. The molecular formula is C7H12N+. The van der Waals surface area contributed by atoms with E-state index in [1.54, 1.807) is 23.7 Å². The number of quaternary nitrogens is 1. The van der Waals surface area contributed by atoms with Crippen molar-refractivity contribution in [2.24, 2.45) is 0 Å². The van der Waals surface area contributed by atoms with Crippen molar-refractivity contribution < 1.29 is 4.48 Å². The normalized spacial score (nSPS) is 66.0. The van der Waals surface area contributed by atoms with E-state index >= 15 is 0 Å². The van der Waals surface area contributed by atoms with Crippen LogP contribution >= 0.6 is 0 Å². The van der Waals surface area contributed by atoms with E-state index in [1.807, 2.05) is 0 Å². The highest BCUT2D eigenvalue weighted by Crippen LogP contribution is 2.60. The van der Waals surface area contributed by atoms with Gasteiger partial charge in [0.25, 0.3) is 0 Å². The first-order valence-electron chi connectivity index (χ1n) is 3.73. The molecule has 44 valence electrons. The minimum absolute atomic E-state index is 0.917. The van der Waals surface area contributed by atoms with Gasteiger partial charge in [0.15, 0.2) is 0 Å². The summed E-state index contributed by atoms with van der Waals surface area (Å²) >= 11 is 0. The van der Waals surface area contributed by atoms with Crippen LogP contribution in [0.2, 0.25) is 0 Å². The molecule has 8 heavy (non-hydrogen) atoms. The number of hydrogen-bond donors (Lipinski definition) is 0. The predicted molar refractivity (Wildman–Crippen MR) is 31.4 cm³/mol. The minimum atomic E-state index is 0.917. The van der Waals surface area contributed by atoms with Gasteiger partial charge in [0.05, 0.1) is 38.9 Å². The Bertz CT molecular complexity index is 108. The molecule has 0 aliphatic carbocycles. The molecule has 0 atom stereocenters. The van der Waals surface area contributed by atoms with Gasteiger partial charge in [-0.05, 0) is 0 Å². The third kappa shape index (κ3) is 0.163. The lowest BCUT2D eigenvalue weighted by molar-refractivity contribution is -1.10. The van der Waals surface area contributed by atoms with Crippen molar-refractivity contribution in [1.82, 2.24) is 0 Å². The molecule has 0 amide bonds. The van der Waals surface area contributed by atoms with Gasteiger partial charge < -0.3 is 4.48 Å². The van der Waals surface area contributed by atoms with Crippen molar-refractivity contribution in [3.63, 3.8) is 0 Å². The third-order valence-electron chi connectivity index (χ3n) is 4.02. The van der Waals surface area contributed by atoms with Gasteiger partial charge in [-0.25, -0.2) is 0 Å². The van der Waals surface area contributed by atoms with Gasteiger partial charge in [0.1, 0.15) is 5.54 Å². The highest BCUT2D eigenvalue weighted by atomic mass is 15.5. The molecule has 0 aromatic carbocycles. The molecule has 0 bridgehead atoms. The number of hydrogen-bond acceptors (Lipinski definition) is 0. The highest BCUT2D eigenvalue weighted by molar-refractivity contribution is 5.03. The first-order chi connectivity index (χ1) is 3.87. The second-order valence-electron chi connectivity index (χ2n) is 3.79. The molecule has 3 saturated heterocycles. The Balaban J connectivity index is 2.05. The number of nitrogens with zero attached hydrogens (tertiary/aromatic N) is 1. The van der Waals surface area contributed by atoms with Crippen LogP contribution in [0, 0.1) is 0 Å². The van der Waals surface area contributed by atoms with E-state index in [4.69, 9.17) is 0 Å². The first-order valence-corrected chi connectivity index (χ1v) is 3.73. The molecule has 1 nitrogen and oxygen atoms in total. The van der Waals surface area contributed by atoms with Gasteiger partial charge in [0.2, 0.25) is 0 Å². The maximum absolute atomic E-state index is 1.56. The van der Waals surface area contributed by atoms with Crippen molar-refractivity contribution in [3.05, 3.63) is 0 Å². The molecule has 0 N–H and O–H groups in total. The summed E-state index contributed by atoms with van der Waals surface area (Å²) < 4.78 is 1.56. The Morgan fingerprint density at radius 3 is 1.25 bits per heavy atom. The largest absolute Gasteiger partial charge is 0.318 e. The molecule has 0 unspecified atom stereocenters. The maximum atomic E-state index is 1.56. The minimum Gasteiger partial charge on any atom is -0.318 e. The topological polar surface area (TPSA) is 0 Å². The molecule has 3 fully saturated rings. The molecular weight excluding hydrogens is 98.1 g/mol. The van der Waals surface area contributed by atoms with Crippen molar-refractivity contribution in [2.75, 3.05) is 19.6 Å². The van der Waals surface area contributed by atoms with E-state index in [1.165, 1.54) is 19.6 Å². The molecule has 0 spiro atoms. The Kier molecular flexibility index (Phi) is 0.372. The molecule has 3 aliphatic heterocycles. The summed E-state index contributed by atoms with van der Waals surface area (Å²) in [6, 6.07) is 0. The Morgan fingerprint density at radius 2 is 1.25 bits per heavy atom. The van der Waals surface area contributed by atoms with Crippen LogP contribution < -0.4 is 0 Å². The van der Waals surface area contributed by atoms with Crippen LogP contribution in [-0.2, 0) is 0 Å². The molecule has 0 saturated carbocycles. The monoisotopic (exact) mass is 110 g/mol. The van der Waals surface area contributed by atoms with Crippen LogP contribution in [0.3, 0.4) is 0 Å². The van der Waals surface area contributed by atoms with Crippen LogP contribution in [0.5, 0.6) is 0 Å². The SMILES string of the molecule is C1C[N+]23CCC12CC3. The number of rotatable bonds is 0. The van der Waals surface area contributed by atoms with Crippen LogP contribution in [0.25, 0.3) is 0 Å². The number of piperidine rings is 3. The second-order valence-corrected chi connectivity index (χ2v) is 3.79. The van der Waals surface area contributed by atoms with Crippen molar-refractivity contribution in [2.45, 2.75) is 24.8 Å². The molecule has 0 radical (unpaired) electrons. The lowest BCUT2D eigenvalue weighted by Crippen LogP contribution is -2.89. The van der Waals surface area contributed by atoms with Crippen molar-refractivity contribution in [3.8, 4) is 0 Å². The van der Waals surface area contributed by atoms with Crippen LogP contribution in [0.1, 0.15) is 19.3 Å². The molecule has 1 heteroatoms. The van der Waals surface area contributed by atoms with E-state index in [0.29, 0.717) is 0 Å². The fourth-order valence-electron chi connectivity index (χ4n) is 2.94.